The van der Waals surface area contributed by atoms with E-state index in [0.29, 0.717) is 6.61 Å². The molecule has 1 N–H and O–H groups in total. The summed E-state index contributed by atoms with van der Waals surface area (Å²) in [6.45, 7) is 2.28. The Morgan fingerprint density at radius 2 is 2.13 bits per heavy atom. The number of nitrogens with one attached hydrogen (secondary N) is 1. The molecule has 0 saturated heterocycles. The highest BCUT2D eigenvalue weighted by Crippen LogP contribution is 2.34. The summed E-state index contributed by atoms with van der Waals surface area (Å²) in [6, 6.07) is 3.76. The second-order valence-corrected chi connectivity index (χ2v) is 3.33. The number of ether oxygens (including phenoxy) is 3. The SMILES string of the molecule is COc1cc(OC)c2c(c1)OCCNC2. The molecule has 0 bridgehead atoms. The Labute approximate surface area is 89.1 Å². The molecule has 0 aromatic heterocycles. The van der Waals surface area contributed by atoms with Gasteiger partial charge < -0.3 is 19.5 Å². The van der Waals surface area contributed by atoms with Gasteiger partial charge in [-0.3, -0.25) is 0 Å². The third-order valence-electron chi connectivity index (χ3n) is 2.44. The summed E-state index contributed by atoms with van der Waals surface area (Å²) in [5, 5.41) is 3.27. The number of fused-ring (bicyclic) bond motifs is 1. The van der Waals surface area contributed by atoms with Crippen molar-refractivity contribution in [3.05, 3.63) is 17.7 Å². The van der Waals surface area contributed by atoms with Crippen LogP contribution in [0.25, 0.3) is 0 Å². The van der Waals surface area contributed by atoms with Crippen LogP contribution < -0.4 is 19.5 Å². The molecule has 0 spiro atoms. The van der Waals surface area contributed by atoms with Gasteiger partial charge >= 0.3 is 0 Å². The molecular weight excluding hydrogens is 194 g/mol. The quantitative estimate of drug-likeness (QED) is 0.794. The van der Waals surface area contributed by atoms with Gasteiger partial charge in [0, 0.05) is 25.2 Å². The lowest BCUT2D eigenvalue weighted by Gasteiger charge is -2.13. The Morgan fingerprint density at radius 1 is 1.27 bits per heavy atom. The molecule has 0 fully saturated rings. The summed E-state index contributed by atoms with van der Waals surface area (Å²) >= 11 is 0. The van der Waals surface area contributed by atoms with Gasteiger partial charge in [0.15, 0.2) is 0 Å². The maximum absolute atomic E-state index is 5.61. The standard InChI is InChI=1S/C11H15NO3/c1-13-8-5-10(14-2)9-7-12-3-4-15-11(9)6-8/h5-6,12H,3-4,7H2,1-2H3. The summed E-state index contributed by atoms with van der Waals surface area (Å²) in [4.78, 5) is 0. The first-order valence-corrected chi connectivity index (χ1v) is 4.93. The molecular formula is C11H15NO3. The Kier molecular flexibility index (Phi) is 2.97. The fourth-order valence-corrected chi connectivity index (χ4v) is 1.65. The normalized spacial score (nSPS) is 14.8. The topological polar surface area (TPSA) is 39.7 Å². The average Bonchev–Trinajstić information content (AvgIpc) is 2.52. The first-order valence-electron chi connectivity index (χ1n) is 4.93. The van der Waals surface area contributed by atoms with Gasteiger partial charge in [0.2, 0.25) is 0 Å². The summed E-state index contributed by atoms with van der Waals surface area (Å²) in [6.07, 6.45) is 0. The molecule has 1 heterocycles. The van der Waals surface area contributed by atoms with Crippen molar-refractivity contribution >= 4 is 0 Å². The van der Waals surface area contributed by atoms with Crippen LogP contribution in [-0.2, 0) is 6.54 Å². The average molecular weight is 209 g/mol. The number of hydrogen-bond donors (Lipinski definition) is 1. The molecule has 0 atom stereocenters. The Bertz CT molecular complexity index is 352. The molecule has 1 aromatic carbocycles. The molecule has 82 valence electrons. The van der Waals surface area contributed by atoms with Crippen molar-refractivity contribution in [2.75, 3.05) is 27.4 Å². The third kappa shape index (κ3) is 1.99. The van der Waals surface area contributed by atoms with E-state index in [1.165, 1.54) is 0 Å². The lowest BCUT2D eigenvalue weighted by Crippen LogP contribution is -2.16. The van der Waals surface area contributed by atoms with Crippen molar-refractivity contribution in [3.63, 3.8) is 0 Å². The minimum Gasteiger partial charge on any atom is -0.496 e. The molecule has 2 rings (SSSR count). The van der Waals surface area contributed by atoms with Crippen LogP contribution in [0.4, 0.5) is 0 Å². The van der Waals surface area contributed by atoms with Gasteiger partial charge in [-0.1, -0.05) is 0 Å². The zero-order chi connectivity index (χ0) is 10.7. The Balaban J connectivity index is 2.45. The fraction of sp³-hybridized carbons (Fsp3) is 0.455. The molecule has 1 aliphatic rings. The van der Waals surface area contributed by atoms with E-state index >= 15 is 0 Å². The van der Waals surface area contributed by atoms with E-state index in [9.17, 15) is 0 Å². The van der Waals surface area contributed by atoms with E-state index in [4.69, 9.17) is 14.2 Å². The number of hydrogen-bond acceptors (Lipinski definition) is 4. The monoisotopic (exact) mass is 209 g/mol. The van der Waals surface area contributed by atoms with E-state index in [1.807, 2.05) is 12.1 Å². The highest BCUT2D eigenvalue weighted by Gasteiger charge is 2.15. The molecule has 4 nitrogen and oxygen atoms in total. The first-order chi connectivity index (χ1) is 7.35. The van der Waals surface area contributed by atoms with Gasteiger partial charge in [-0.15, -0.1) is 0 Å². The van der Waals surface area contributed by atoms with Crippen LogP contribution in [0.1, 0.15) is 5.56 Å². The van der Waals surface area contributed by atoms with E-state index in [-0.39, 0.29) is 0 Å². The van der Waals surface area contributed by atoms with Crippen LogP contribution in [0.15, 0.2) is 12.1 Å². The lowest BCUT2D eigenvalue weighted by atomic mass is 10.1. The third-order valence-corrected chi connectivity index (χ3v) is 2.44. The molecule has 0 radical (unpaired) electrons. The zero-order valence-corrected chi connectivity index (χ0v) is 9.00. The van der Waals surface area contributed by atoms with E-state index in [2.05, 4.69) is 5.32 Å². The zero-order valence-electron chi connectivity index (χ0n) is 9.00. The van der Waals surface area contributed by atoms with Crippen LogP contribution in [-0.4, -0.2) is 27.4 Å². The molecule has 1 aromatic rings. The van der Waals surface area contributed by atoms with Crippen LogP contribution >= 0.6 is 0 Å². The number of rotatable bonds is 2. The Hall–Kier alpha value is -1.42. The minimum absolute atomic E-state index is 0.670. The van der Waals surface area contributed by atoms with Gasteiger partial charge in [0.1, 0.15) is 23.9 Å². The van der Waals surface area contributed by atoms with Crippen LogP contribution in [0, 0.1) is 0 Å². The maximum Gasteiger partial charge on any atom is 0.131 e. The van der Waals surface area contributed by atoms with Crippen molar-refractivity contribution in [1.29, 1.82) is 0 Å². The second-order valence-electron chi connectivity index (χ2n) is 3.33. The summed E-state index contributed by atoms with van der Waals surface area (Å²) in [5.41, 5.74) is 1.05. The summed E-state index contributed by atoms with van der Waals surface area (Å²) < 4.78 is 16.1. The van der Waals surface area contributed by atoms with Crippen molar-refractivity contribution in [3.8, 4) is 17.2 Å². The number of methoxy groups -OCH3 is 2. The van der Waals surface area contributed by atoms with Gasteiger partial charge in [-0.2, -0.15) is 0 Å². The van der Waals surface area contributed by atoms with E-state index < -0.39 is 0 Å². The molecule has 0 aliphatic carbocycles. The molecule has 0 amide bonds. The number of benzene rings is 1. The first kappa shape index (κ1) is 10.1. The van der Waals surface area contributed by atoms with Gasteiger partial charge in [-0.05, 0) is 0 Å². The summed E-state index contributed by atoms with van der Waals surface area (Å²) in [5.74, 6) is 2.41. The largest absolute Gasteiger partial charge is 0.496 e. The van der Waals surface area contributed by atoms with Gasteiger partial charge in [-0.25, -0.2) is 0 Å². The van der Waals surface area contributed by atoms with Crippen molar-refractivity contribution in [2.45, 2.75) is 6.54 Å². The van der Waals surface area contributed by atoms with Gasteiger partial charge in [0.25, 0.3) is 0 Å². The lowest BCUT2D eigenvalue weighted by molar-refractivity contribution is 0.320. The molecule has 1 aliphatic heterocycles. The molecule has 0 unspecified atom stereocenters. The minimum atomic E-state index is 0.670. The molecule has 15 heavy (non-hydrogen) atoms. The van der Waals surface area contributed by atoms with E-state index in [0.717, 1.165) is 35.9 Å². The van der Waals surface area contributed by atoms with Crippen LogP contribution in [0.3, 0.4) is 0 Å². The van der Waals surface area contributed by atoms with E-state index in [1.54, 1.807) is 14.2 Å². The highest BCUT2D eigenvalue weighted by atomic mass is 16.5. The van der Waals surface area contributed by atoms with Crippen LogP contribution in [0.5, 0.6) is 17.2 Å². The maximum atomic E-state index is 5.61. The molecule has 0 saturated carbocycles. The highest BCUT2D eigenvalue weighted by molar-refractivity contribution is 5.50. The second kappa shape index (κ2) is 4.40. The molecule has 4 heteroatoms. The Morgan fingerprint density at radius 3 is 2.87 bits per heavy atom. The predicted octanol–water partition coefficient (Wildman–Crippen LogP) is 1.19. The fourth-order valence-electron chi connectivity index (χ4n) is 1.65. The van der Waals surface area contributed by atoms with Crippen molar-refractivity contribution in [1.82, 2.24) is 5.32 Å². The summed E-state index contributed by atoms with van der Waals surface area (Å²) in [7, 11) is 3.29. The van der Waals surface area contributed by atoms with Crippen molar-refractivity contribution in [2.24, 2.45) is 0 Å². The van der Waals surface area contributed by atoms with Gasteiger partial charge in [0.05, 0.1) is 19.8 Å². The van der Waals surface area contributed by atoms with Crippen molar-refractivity contribution < 1.29 is 14.2 Å². The predicted molar refractivity (Wildman–Crippen MR) is 56.7 cm³/mol. The van der Waals surface area contributed by atoms with Crippen LogP contribution in [0.2, 0.25) is 0 Å². The smallest absolute Gasteiger partial charge is 0.131 e.